The van der Waals surface area contributed by atoms with Gasteiger partial charge in [-0.3, -0.25) is 9.69 Å². The van der Waals surface area contributed by atoms with Crippen molar-refractivity contribution in [3.05, 3.63) is 28.2 Å². The van der Waals surface area contributed by atoms with E-state index in [9.17, 15) is 9.90 Å². The first kappa shape index (κ1) is 15.1. The Balaban J connectivity index is 2.22. The molecule has 2 heterocycles. The maximum atomic E-state index is 11.6. The molecule has 20 heavy (non-hydrogen) atoms. The summed E-state index contributed by atoms with van der Waals surface area (Å²) in [7, 11) is 0. The van der Waals surface area contributed by atoms with Gasteiger partial charge in [0.05, 0.1) is 12.8 Å². The Labute approximate surface area is 119 Å². The molecule has 0 bridgehead atoms. The van der Waals surface area contributed by atoms with Gasteiger partial charge in [-0.05, 0) is 25.8 Å². The molecule has 1 saturated heterocycles. The standard InChI is InChI=1S/C15H24N2O3/c1-2-12-5-3-4-6-16(12)10-13-9-14(19)15(20)11-17(13)7-8-18/h9,11-12,18,20H,2-8,10H2,1H3. The minimum absolute atomic E-state index is 0.00742. The average molecular weight is 280 g/mol. The molecule has 0 amide bonds. The number of piperidine rings is 1. The summed E-state index contributed by atoms with van der Waals surface area (Å²) in [4.78, 5) is 14.1. The lowest BCUT2D eigenvalue weighted by Crippen LogP contribution is -2.39. The van der Waals surface area contributed by atoms with E-state index in [0.29, 0.717) is 19.1 Å². The predicted octanol–water partition coefficient (Wildman–Crippen LogP) is 1.31. The van der Waals surface area contributed by atoms with Crippen LogP contribution in [-0.2, 0) is 13.1 Å². The number of hydrogen-bond donors (Lipinski definition) is 2. The summed E-state index contributed by atoms with van der Waals surface area (Å²) >= 11 is 0. The van der Waals surface area contributed by atoms with Crippen LogP contribution in [0.1, 0.15) is 38.3 Å². The van der Waals surface area contributed by atoms with Crippen LogP contribution in [0, 0.1) is 0 Å². The molecule has 1 fully saturated rings. The zero-order valence-electron chi connectivity index (χ0n) is 12.1. The third-order valence-electron chi connectivity index (χ3n) is 4.12. The zero-order valence-corrected chi connectivity index (χ0v) is 12.1. The number of pyridine rings is 1. The van der Waals surface area contributed by atoms with Gasteiger partial charge in [-0.1, -0.05) is 13.3 Å². The predicted molar refractivity (Wildman–Crippen MR) is 77.8 cm³/mol. The quantitative estimate of drug-likeness (QED) is 0.853. The molecule has 0 aliphatic carbocycles. The largest absolute Gasteiger partial charge is 0.503 e. The first-order valence-electron chi connectivity index (χ1n) is 7.43. The number of rotatable bonds is 5. The van der Waals surface area contributed by atoms with Crippen molar-refractivity contribution >= 4 is 0 Å². The number of aromatic hydroxyl groups is 1. The van der Waals surface area contributed by atoms with Crippen molar-refractivity contribution in [2.75, 3.05) is 13.2 Å². The molecule has 1 aromatic rings. The van der Waals surface area contributed by atoms with E-state index in [2.05, 4.69) is 11.8 Å². The molecule has 1 unspecified atom stereocenters. The first-order valence-corrected chi connectivity index (χ1v) is 7.43. The Bertz CT molecular complexity index is 498. The summed E-state index contributed by atoms with van der Waals surface area (Å²) in [6.45, 7) is 4.33. The fourth-order valence-electron chi connectivity index (χ4n) is 2.99. The monoisotopic (exact) mass is 280 g/mol. The lowest BCUT2D eigenvalue weighted by atomic mass is 10.00. The second-order valence-electron chi connectivity index (χ2n) is 5.46. The highest BCUT2D eigenvalue weighted by Crippen LogP contribution is 2.21. The van der Waals surface area contributed by atoms with E-state index in [1.807, 2.05) is 0 Å². The molecule has 1 atom stereocenters. The highest BCUT2D eigenvalue weighted by Gasteiger charge is 2.21. The lowest BCUT2D eigenvalue weighted by Gasteiger charge is -2.35. The Morgan fingerprint density at radius 1 is 1.40 bits per heavy atom. The van der Waals surface area contributed by atoms with Crippen molar-refractivity contribution in [2.45, 2.75) is 51.7 Å². The van der Waals surface area contributed by atoms with Crippen LogP contribution < -0.4 is 5.43 Å². The van der Waals surface area contributed by atoms with E-state index in [-0.39, 0.29) is 17.8 Å². The molecule has 0 aromatic carbocycles. The smallest absolute Gasteiger partial charge is 0.223 e. The molecule has 0 radical (unpaired) electrons. The van der Waals surface area contributed by atoms with Crippen LogP contribution >= 0.6 is 0 Å². The van der Waals surface area contributed by atoms with Gasteiger partial charge in [0.2, 0.25) is 5.43 Å². The summed E-state index contributed by atoms with van der Waals surface area (Å²) in [6, 6.07) is 2.06. The third-order valence-corrected chi connectivity index (χ3v) is 4.12. The summed E-state index contributed by atoms with van der Waals surface area (Å²) in [6.07, 6.45) is 6.22. The second-order valence-corrected chi connectivity index (χ2v) is 5.46. The van der Waals surface area contributed by atoms with Crippen LogP contribution in [0.3, 0.4) is 0 Å². The van der Waals surface area contributed by atoms with Crippen molar-refractivity contribution in [1.29, 1.82) is 0 Å². The van der Waals surface area contributed by atoms with Gasteiger partial charge in [0.1, 0.15) is 0 Å². The average Bonchev–Trinajstić information content (AvgIpc) is 2.45. The molecular weight excluding hydrogens is 256 g/mol. The van der Waals surface area contributed by atoms with Gasteiger partial charge >= 0.3 is 0 Å². The SMILES string of the molecule is CCC1CCCCN1Cc1cc(=O)c(O)cn1CCO. The maximum Gasteiger partial charge on any atom is 0.223 e. The highest BCUT2D eigenvalue weighted by molar-refractivity contribution is 5.20. The Morgan fingerprint density at radius 2 is 2.20 bits per heavy atom. The van der Waals surface area contributed by atoms with Crippen LogP contribution in [0.4, 0.5) is 0 Å². The molecule has 5 nitrogen and oxygen atoms in total. The van der Waals surface area contributed by atoms with Gasteiger partial charge in [-0.15, -0.1) is 0 Å². The fourth-order valence-corrected chi connectivity index (χ4v) is 2.99. The van der Waals surface area contributed by atoms with Gasteiger partial charge in [-0.2, -0.15) is 0 Å². The Kier molecular flexibility index (Phi) is 5.20. The molecular formula is C15H24N2O3. The molecule has 0 saturated carbocycles. The summed E-state index contributed by atoms with van der Waals surface area (Å²) in [5.74, 6) is -0.257. The lowest BCUT2D eigenvalue weighted by molar-refractivity contribution is 0.131. The minimum Gasteiger partial charge on any atom is -0.503 e. The third kappa shape index (κ3) is 3.41. The van der Waals surface area contributed by atoms with Crippen molar-refractivity contribution in [1.82, 2.24) is 9.47 Å². The molecule has 5 heteroatoms. The highest BCUT2D eigenvalue weighted by atomic mass is 16.3. The Hall–Kier alpha value is -1.33. The zero-order chi connectivity index (χ0) is 14.5. The van der Waals surface area contributed by atoms with Gasteiger partial charge in [0, 0.05) is 30.9 Å². The second kappa shape index (κ2) is 6.90. The molecule has 0 spiro atoms. The van der Waals surface area contributed by atoms with Crippen molar-refractivity contribution in [3.63, 3.8) is 0 Å². The summed E-state index contributed by atoms with van der Waals surface area (Å²) < 4.78 is 1.78. The number of aliphatic hydroxyl groups excluding tert-OH is 1. The van der Waals surface area contributed by atoms with E-state index < -0.39 is 0 Å². The van der Waals surface area contributed by atoms with Gasteiger partial charge in [-0.25, -0.2) is 0 Å². The van der Waals surface area contributed by atoms with E-state index in [1.54, 1.807) is 4.57 Å². The number of hydrogen-bond acceptors (Lipinski definition) is 4. The van der Waals surface area contributed by atoms with Crippen LogP contribution in [0.2, 0.25) is 0 Å². The fraction of sp³-hybridized carbons (Fsp3) is 0.667. The molecule has 2 N–H and O–H groups in total. The van der Waals surface area contributed by atoms with Gasteiger partial charge in [0.25, 0.3) is 0 Å². The molecule has 1 aliphatic heterocycles. The van der Waals surface area contributed by atoms with Crippen molar-refractivity contribution < 1.29 is 10.2 Å². The normalized spacial score (nSPS) is 20.2. The van der Waals surface area contributed by atoms with Crippen LogP contribution in [0.25, 0.3) is 0 Å². The summed E-state index contributed by atoms with van der Waals surface area (Å²) in [5, 5.41) is 18.6. The Morgan fingerprint density at radius 3 is 2.90 bits per heavy atom. The van der Waals surface area contributed by atoms with E-state index in [0.717, 1.165) is 18.7 Å². The van der Waals surface area contributed by atoms with E-state index in [4.69, 9.17) is 5.11 Å². The van der Waals surface area contributed by atoms with Crippen LogP contribution in [-0.4, -0.2) is 38.9 Å². The van der Waals surface area contributed by atoms with Gasteiger partial charge < -0.3 is 14.8 Å². The van der Waals surface area contributed by atoms with Crippen LogP contribution in [0.15, 0.2) is 17.1 Å². The first-order chi connectivity index (χ1) is 9.65. The van der Waals surface area contributed by atoms with Crippen LogP contribution in [0.5, 0.6) is 5.75 Å². The number of nitrogens with zero attached hydrogens (tertiary/aromatic N) is 2. The molecule has 112 valence electrons. The number of aromatic nitrogens is 1. The molecule has 1 aliphatic rings. The topological polar surface area (TPSA) is 65.7 Å². The van der Waals surface area contributed by atoms with E-state index in [1.165, 1.54) is 31.5 Å². The van der Waals surface area contributed by atoms with Crippen molar-refractivity contribution in [3.8, 4) is 5.75 Å². The minimum atomic E-state index is -0.348. The molecule has 2 rings (SSSR count). The number of aliphatic hydroxyl groups is 1. The van der Waals surface area contributed by atoms with Gasteiger partial charge in [0.15, 0.2) is 5.75 Å². The van der Waals surface area contributed by atoms with E-state index >= 15 is 0 Å². The number of likely N-dealkylation sites (tertiary alicyclic amines) is 1. The molecule has 1 aromatic heterocycles. The summed E-state index contributed by atoms with van der Waals surface area (Å²) in [5.41, 5.74) is 0.515. The maximum absolute atomic E-state index is 11.6. The van der Waals surface area contributed by atoms with Crippen molar-refractivity contribution in [2.24, 2.45) is 0 Å².